The second-order valence-electron chi connectivity index (χ2n) is 8.97. The minimum atomic E-state index is -0.314. The molecule has 10 heteroatoms. The van der Waals surface area contributed by atoms with Gasteiger partial charge in [-0.1, -0.05) is 12.6 Å². The lowest BCUT2D eigenvalue weighted by Gasteiger charge is -2.29. The zero-order valence-corrected chi connectivity index (χ0v) is 21.6. The minimum absolute atomic E-state index is 0.274. The summed E-state index contributed by atoms with van der Waals surface area (Å²) in [6.07, 6.45) is 4.96. The third-order valence-corrected chi connectivity index (χ3v) is 6.16. The van der Waals surface area contributed by atoms with Gasteiger partial charge in [0, 0.05) is 48.6 Å². The third-order valence-electron chi connectivity index (χ3n) is 6.16. The molecule has 0 saturated carbocycles. The van der Waals surface area contributed by atoms with Gasteiger partial charge >= 0.3 is 0 Å². The van der Waals surface area contributed by atoms with Crippen LogP contribution in [0, 0.1) is 12.7 Å². The molecule has 1 aliphatic rings. The quantitative estimate of drug-likeness (QED) is 0.192. The summed E-state index contributed by atoms with van der Waals surface area (Å²) in [6, 6.07) is 18.0. The first-order valence-corrected chi connectivity index (χ1v) is 12.5. The first-order valence-electron chi connectivity index (χ1n) is 12.5. The van der Waals surface area contributed by atoms with Gasteiger partial charge in [-0.15, -0.1) is 5.10 Å². The fourth-order valence-electron chi connectivity index (χ4n) is 4.12. The average Bonchev–Trinajstić information content (AvgIpc) is 2.97. The van der Waals surface area contributed by atoms with E-state index < -0.39 is 0 Å². The number of pyridine rings is 1. The van der Waals surface area contributed by atoms with Crippen LogP contribution in [0.5, 0.6) is 0 Å². The summed E-state index contributed by atoms with van der Waals surface area (Å²) in [4.78, 5) is 15.4. The molecule has 1 fully saturated rings. The molecule has 198 valence electrons. The summed E-state index contributed by atoms with van der Waals surface area (Å²) in [7, 11) is 0. The average molecular weight is 525 g/mol. The van der Waals surface area contributed by atoms with Crippen molar-refractivity contribution < 1.29 is 9.13 Å². The van der Waals surface area contributed by atoms with Crippen LogP contribution >= 0.6 is 0 Å². The van der Waals surface area contributed by atoms with Gasteiger partial charge in [-0.2, -0.15) is 0 Å². The van der Waals surface area contributed by atoms with Gasteiger partial charge in [0.2, 0.25) is 5.95 Å². The van der Waals surface area contributed by atoms with Gasteiger partial charge in [0.25, 0.3) is 0 Å². The smallest absolute Gasteiger partial charge is 0.227 e. The number of nitrogens with two attached hydrogens (primary N) is 1. The van der Waals surface area contributed by atoms with Crippen molar-refractivity contribution in [1.29, 1.82) is 0 Å². The minimum Gasteiger partial charge on any atom is -0.380 e. The maximum atomic E-state index is 14.5. The Labute approximate surface area is 226 Å². The SMILES string of the molecule is C=CN(/N=C(\N)c1ccc(C)cn1)c1ccc(Nc2nccc(-c3cc(F)cc(N4CCOCC4)c3)n2)cc1. The Morgan fingerprint density at radius 3 is 2.62 bits per heavy atom. The number of rotatable bonds is 8. The lowest BCUT2D eigenvalue weighted by Crippen LogP contribution is -2.36. The van der Waals surface area contributed by atoms with E-state index in [9.17, 15) is 4.39 Å². The molecule has 0 radical (unpaired) electrons. The summed E-state index contributed by atoms with van der Waals surface area (Å²) in [6.45, 7) is 8.49. The molecule has 1 saturated heterocycles. The number of nitrogens with one attached hydrogen (secondary N) is 1. The van der Waals surface area contributed by atoms with Crippen molar-refractivity contribution in [2.45, 2.75) is 6.92 Å². The number of hydrazone groups is 1. The summed E-state index contributed by atoms with van der Waals surface area (Å²) in [5.41, 5.74) is 11.4. The number of ether oxygens (including phenoxy) is 1. The normalized spacial score (nSPS) is 13.7. The number of hydrogen-bond acceptors (Lipinski definition) is 8. The van der Waals surface area contributed by atoms with Crippen LogP contribution in [0.15, 0.2) is 90.9 Å². The lowest BCUT2D eigenvalue weighted by atomic mass is 10.1. The van der Waals surface area contributed by atoms with Gasteiger partial charge in [-0.3, -0.25) is 4.98 Å². The Morgan fingerprint density at radius 2 is 1.90 bits per heavy atom. The summed E-state index contributed by atoms with van der Waals surface area (Å²) >= 11 is 0. The summed E-state index contributed by atoms with van der Waals surface area (Å²) in [5.74, 6) is 0.355. The summed E-state index contributed by atoms with van der Waals surface area (Å²) in [5, 5.41) is 9.22. The number of aryl methyl sites for hydroxylation is 1. The second-order valence-corrected chi connectivity index (χ2v) is 8.97. The molecule has 0 atom stereocenters. The van der Waals surface area contributed by atoms with Gasteiger partial charge < -0.3 is 20.7 Å². The maximum absolute atomic E-state index is 14.5. The number of halogens is 1. The van der Waals surface area contributed by atoms with Gasteiger partial charge in [0.1, 0.15) is 11.5 Å². The van der Waals surface area contributed by atoms with Crippen molar-refractivity contribution in [2.75, 3.05) is 41.5 Å². The van der Waals surface area contributed by atoms with Crippen molar-refractivity contribution in [3.05, 3.63) is 103 Å². The standard InChI is InChI=1S/C29H29FN8O/c1-3-38(36-28(31)27-9-4-20(2)19-33-27)24-7-5-23(6-8-24)34-29-32-11-10-26(35-29)21-16-22(30)18-25(17-21)37-12-14-39-15-13-37/h3-11,16-19H,1,12-15H2,2H3,(H2,31,36)(H,32,34,35). The number of morpholine rings is 1. The Kier molecular flexibility index (Phi) is 7.74. The number of amidine groups is 1. The highest BCUT2D eigenvalue weighted by atomic mass is 19.1. The highest BCUT2D eigenvalue weighted by Gasteiger charge is 2.14. The highest BCUT2D eigenvalue weighted by Crippen LogP contribution is 2.27. The Hall–Kier alpha value is -4.83. The predicted molar refractivity (Wildman–Crippen MR) is 153 cm³/mol. The van der Waals surface area contributed by atoms with Crippen molar-refractivity contribution in [2.24, 2.45) is 10.8 Å². The van der Waals surface area contributed by atoms with Crippen LogP contribution in [0.1, 0.15) is 11.3 Å². The molecule has 0 spiro atoms. The van der Waals surface area contributed by atoms with E-state index in [0.29, 0.717) is 36.1 Å². The molecule has 0 unspecified atom stereocenters. The van der Waals surface area contributed by atoms with Crippen LogP contribution in [0.2, 0.25) is 0 Å². The maximum Gasteiger partial charge on any atom is 0.227 e. The third kappa shape index (κ3) is 6.36. The molecule has 0 aliphatic carbocycles. The lowest BCUT2D eigenvalue weighted by molar-refractivity contribution is 0.122. The molecular formula is C29H29FN8O. The van der Waals surface area contributed by atoms with Crippen molar-refractivity contribution in [3.8, 4) is 11.3 Å². The number of nitrogens with zero attached hydrogens (tertiary/aromatic N) is 6. The van der Waals surface area contributed by atoms with Crippen molar-refractivity contribution in [3.63, 3.8) is 0 Å². The molecule has 9 nitrogen and oxygen atoms in total. The Morgan fingerprint density at radius 1 is 1.10 bits per heavy atom. The Balaban J connectivity index is 1.31. The molecule has 3 heterocycles. The first kappa shape index (κ1) is 25.8. The van der Waals surface area contributed by atoms with Gasteiger partial charge in [-0.25, -0.2) is 19.4 Å². The number of hydrogen-bond donors (Lipinski definition) is 2. The van der Waals surface area contributed by atoms with Crippen LogP contribution in [0.3, 0.4) is 0 Å². The molecule has 2 aromatic carbocycles. The predicted octanol–water partition coefficient (Wildman–Crippen LogP) is 4.84. The van der Waals surface area contributed by atoms with E-state index in [-0.39, 0.29) is 11.7 Å². The first-order chi connectivity index (χ1) is 19.0. The zero-order valence-electron chi connectivity index (χ0n) is 21.6. The molecule has 1 aliphatic heterocycles. The van der Waals surface area contributed by atoms with E-state index in [1.54, 1.807) is 29.7 Å². The molecule has 3 N–H and O–H groups in total. The zero-order chi connectivity index (χ0) is 27.2. The fourth-order valence-corrected chi connectivity index (χ4v) is 4.12. The molecule has 5 rings (SSSR count). The van der Waals surface area contributed by atoms with Crippen molar-refractivity contribution >= 4 is 28.8 Å². The number of aromatic nitrogens is 3. The van der Waals surface area contributed by atoms with E-state index in [0.717, 1.165) is 35.7 Å². The topological polar surface area (TPSA) is 105 Å². The van der Waals surface area contributed by atoms with E-state index in [4.69, 9.17) is 10.5 Å². The van der Waals surface area contributed by atoms with Crippen LogP contribution in [-0.4, -0.2) is 47.1 Å². The van der Waals surface area contributed by atoms with Crippen molar-refractivity contribution in [1.82, 2.24) is 15.0 Å². The number of anilines is 4. The molecule has 0 amide bonds. The van der Waals surface area contributed by atoms with E-state index >= 15 is 0 Å². The molecule has 4 aromatic rings. The van der Waals surface area contributed by atoms with Gasteiger partial charge in [0.05, 0.1) is 24.6 Å². The van der Waals surface area contributed by atoms with Crippen LogP contribution in [0.4, 0.5) is 27.4 Å². The Bertz CT molecular complexity index is 1470. The number of benzene rings is 2. The molecular weight excluding hydrogens is 495 g/mol. The van der Waals surface area contributed by atoms with Gasteiger partial charge in [0.15, 0.2) is 5.84 Å². The largest absolute Gasteiger partial charge is 0.380 e. The van der Waals surface area contributed by atoms with E-state index in [1.165, 1.54) is 12.1 Å². The van der Waals surface area contributed by atoms with Crippen LogP contribution in [0.25, 0.3) is 11.3 Å². The monoisotopic (exact) mass is 524 g/mol. The molecule has 2 aromatic heterocycles. The fraction of sp³-hybridized carbons (Fsp3) is 0.172. The molecule has 39 heavy (non-hydrogen) atoms. The van der Waals surface area contributed by atoms with Crippen LogP contribution < -0.4 is 21.0 Å². The second kappa shape index (κ2) is 11.7. The highest BCUT2D eigenvalue weighted by molar-refractivity contribution is 5.96. The van der Waals surface area contributed by atoms with E-state index in [2.05, 4.69) is 36.8 Å². The molecule has 0 bridgehead atoms. The van der Waals surface area contributed by atoms with E-state index in [1.807, 2.05) is 49.4 Å². The summed E-state index contributed by atoms with van der Waals surface area (Å²) < 4.78 is 19.9. The van der Waals surface area contributed by atoms with Crippen LogP contribution in [-0.2, 0) is 4.74 Å². The van der Waals surface area contributed by atoms with Gasteiger partial charge in [-0.05, 0) is 67.1 Å².